The predicted molar refractivity (Wildman–Crippen MR) is 83.9 cm³/mol. The number of rotatable bonds is 6. The lowest BCUT2D eigenvalue weighted by Crippen LogP contribution is -2.48. The van der Waals surface area contributed by atoms with Crippen LogP contribution in [0.5, 0.6) is 5.75 Å². The van der Waals surface area contributed by atoms with Crippen molar-refractivity contribution in [2.75, 3.05) is 13.2 Å². The molecule has 0 radical (unpaired) electrons. The molecule has 2 unspecified atom stereocenters. The molecule has 3 heteroatoms. The van der Waals surface area contributed by atoms with Crippen LogP contribution in [0.25, 0.3) is 0 Å². The fraction of sp³-hybridized carbons (Fsp3) is 0.647. The second-order valence-electron chi connectivity index (χ2n) is 5.89. The SMILES string of the molecule is CCCOc1cccc(CN2CCCCC2C(C)N)c1. The first-order valence-corrected chi connectivity index (χ1v) is 7.92. The highest BCUT2D eigenvalue weighted by Gasteiger charge is 2.25. The van der Waals surface area contributed by atoms with E-state index in [4.69, 9.17) is 10.5 Å². The summed E-state index contributed by atoms with van der Waals surface area (Å²) in [4.78, 5) is 2.53. The summed E-state index contributed by atoms with van der Waals surface area (Å²) in [6.07, 6.45) is 4.87. The predicted octanol–water partition coefficient (Wildman–Crippen LogP) is 3.18. The van der Waals surface area contributed by atoms with E-state index in [-0.39, 0.29) is 6.04 Å². The third kappa shape index (κ3) is 4.22. The Hall–Kier alpha value is -1.06. The first-order chi connectivity index (χ1) is 9.70. The molecular formula is C17H28N2O. The lowest BCUT2D eigenvalue weighted by molar-refractivity contribution is 0.123. The van der Waals surface area contributed by atoms with Gasteiger partial charge in [-0.2, -0.15) is 0 Å². The maximum atomic E-state index is 6.14. The van der Waals surface area contributed by atoms with Crippen molar-refractivity contribution in [3.63, 3.8) is 0 Å². The van der Waals surface area contributed by atoms with Crippen LogP contribution in [0.1, 0.15) is 45.1 Å². The Balaban J connectivity index is 2.00. The number of hydrogen-bond donors (Lipinski definition) is 1. The number of nitrogens with two attached hydrogens (primary N) is 1. The van der Waals surface area contributed by atoms with E-state index in [9.17, 15) is 0 Å². The standard InChI is InChI=1S/C17H28N2O/c1-3-11-20-16-8-6-7-15(12-16)13-19-10-5-4-9-17(19)14(2)18/h6-8,12,14,17H,3-5,9-11,13,18H2,1-2H3. The van der Waals surface area contributed by atoms with Gasteiger partial charge in [0.25, 0.3) is 0 Å². The van der Waals surface area contributed by atoms with Crippen molar-refractivity contribution in [2.45, 2.75) is 58.2 Å². The van der Waals surface area contributed by atoms with Crippen LogP contribution in [0.4, 0.5) is 0 Å². The van der Waals surface area contributed by atoms with Gasteiger partial charge in [0.2, 0.25) is 0 Å². The maximum absolute atomic E-state index is 6.14. The van der Waals surface area contributed by atoms with E-state index in [1.54, 1.807) is 0 Å². The van der Waals surface area contributed by atoms with Gasteiger partial charge < -0.3 is 10.5 Å². The van der Waals surface area contributed by atoms with Gasteiger partial charge in [-0.1, -0.05) is 25.5 Å². The largest absolute Gasteiger partial charge is 0.494 e. The second-order valence-corrected chi connectivity index (χ2v) is 5.89. The van der Waals surface area contributed by atoms with E-state index >= 15 is 0 Å². The normalized spacial score (nSPS) is 21.6. The first kappa shape index (κ1) is 15.3. The summed E-state index contributed by atoms with van der Waals surface area (Å²) in [6.45, 7) is 7.19. The number of piperidine rings is 1. The van der Waals surface area contributed by atoms with Crippen molar-refractivity contribution in [1.29, 1.82) is 0 Å². The zero-order valence-corrected chi connectivity index (χ0v) is 12.8. The minimum Gasteiger partial charge on any atom is -0.494 e. The number of benzene rings is 1. The molecule has 2 rings (SSSR count). The zero-order valence-electron chi connectivity index (χ0n) is 12.8. The molecule has 0 saturated carbocycles. The van der Waals surface area contributed by atoms with Gasteiger partial charge in [0.1, 0.15) is 5.75 Å². The van der Waals surface area contributed by atoms with Crippen molar-refractivity contribution in [2.24, 2.45) is 5.73 Å². The van der Waals surface area contributed by atoms with E-state index in [1.165, 1.54) is 24.8 Å². The Kier molecular flexibility index (Phi) is 5.86. The molecule has 1 fully saturated rings. The van der Waals surface area contributed by atoms with E-state index < -0.39 is 0 Å². The molecule has 20 heavy (non-hydrogen) atoms. The second kappa shape index (κ2) is 7.65. The molecule has 2 atom stereocenters. The number of nitrogens with zero attached hydrogens (tertiary/aromatic N) is 1. The summed E-state index contributed by atoms with van der Waals surface area (Å²) in [6, 6.07) is 9.25. The number of likely N-dealkylation sites (tertiary alicyclic amines) is 1. The van der Waals surface area contributed by atoms with Crippen LogP contribution in [0, 0.1) is 0 Å². The van der Waals surface area contributed by atoms with Gasteiger partial charge in [0.05, 0.1) is 6.61 Å². The summed E-state index contributed by atoms with van der Waals surface area (Å²) >= 11 is 0. The Bertz CT molecular complexity index is 406. The highest BCUT2D eigenvalue weighted by molar-refractivity contribution is 5.28. The summed E-state index contributed by atoms with van der Waals surface area (Å²) in [5.41, 5.74) is 7.47. The summed E-state index contributed by atoms with van der Waals surface area (Å²) in [5, 5.41) is 0. The van der Waals surface area contributed by atoms with Crippen molar-refractivity contribution >= 4 is 0 Å². The molecule has 112 valence electrons. The minimum absolute atomic E-state index is 0.245. The van der Waals surface area contributed by atoms with Gasteiger partial charge in [-0.3, -0.25) is 4.90 Å². The molecule has 0 spiro atoms. The molecule has 1 aromatic rings. The van der Waals surface area contributed by atoms with Crippen LogP contribution in [0.15, 0.2) is 24.3 Å². The molecule has 1 aliphatic rings. The van der Waals surface area contributed by atoms with Gasteiger partial charge >= 0.3 is 0 Å². The lowest BCUT2D eigenvalue weighted by atomic mass is 9.96. The average molecular weight is 276 g/mol. The van der Waals surface area contributed by atoms with E-state index in [1.807, 2.05) is 6.07 Å². The fourth-order valence-corrected chi connectivity index (χ4v) is 3.00. The quantitative estimate of drug-likeness (QED) is 0.867. The zero-order chi connectivity index (χ0) is 14.4. The highest BCUT2D eigenvalue weighted by atomic mass is 16.5. The minimum atomic E-state index is 0.245. The molecule has 0 aromatic heterocycles. The van der Waals surface area contributed by atoms with Crippen LogP contribution in [0.3, 0.4) is 0 Å². The van der Waals surface area contributed by atoms with Crippen molar-refractivity contribution in [3.8, 4) is 5.75 Å². The van der Waals surface area contributed by atoms with Crippen molar-refractivity contribution in [1.82, 2.24) is 4.90 Å². The summed E-state index contributed by atoms with van der Waals surface area (Å²) in [5.74, 6) is 0.985. The lowest BCUT2D eigenvalue weighted by Gasteiger charge is -2.38. The van der Waals surface area contributed by atoms with Crippen LogP contribution < -0.4 is 10.5 Å². The van der Waals surface area contributed by atoms with E-state index in [2.05, 4.69) is 36.9 Å². The smallest absolute Gasteiger partial charge is 0.119 e. The number of hydrogen-bond acceptors (Lipinski definition) is 3. The first-order valence-electron chi connectivity index (χ1n) is 7.92. The molecule has 1 aromatic carbocycles. The molecule has 0 amide bonds. The molecule has 0 aliphatic carbocycles. The van der Waals surface area contributed by atoms with Crippen LogP contribution in [0.2, 0.25) is 0 Å². The molecule has 1 heterocycles. The Morgan fingerprint density at radius 2 is 2.25 bits per heavy atom. The maximum Gasteiger partial charge on any atom is 0.119 e. The molecule has 2 N–H and O–H groups in total. The topological polar surface area (TPSA) is 38.5 Å². The van der Waals surface area contributed by atoms with Gasteiger partial charge in [-0.25, -0.2) is 0 Å². The highest BCUT2D eigenvalue weighted by Crippen LogP contribution is 2.23. The molecule has 3 nitrogen and oxygen atoms in total. The van der Waals surface area contributed by atoms with E-state index in [0.29, 0.717) is 6.04 Å². The Morgan fingerprint density at radius 3 is 3.00 bits per heavy atom. The van der Waals surface area contributed by atoms with Gasteiger partial charge in [0, 0.05) is 18.6 Å². The monoisotopic (exact) mass is 276 g/mol. The number of ether oxygens (including phenoxy) is 1. The molecule has 1 saturated heterocycles. The Labute approximate surface area is 123 Å². The molecule has 0 bridgehead atoms. The van der Waals surface area contributed by atoms with Crippen LogP contribution in [-0.4, -0.2) is 30.1 Å². The van der Waals surface area contributed by atoms with Crippen LogP contribution >= 0.6 is 0 Å². The van der Waals surface area contributed by atoms with Gasteiger partial charge in [0.15, 0.2) is 0 Å². The van der Waals surface area contributed by atoms with Crippen molar-refractivity contribution in [3.05, 3.63) is 29.8 Å². The average Bonchev–Trinajstić information content (AvgIpc) is 2.46. The molecular weight excluding hydrogens is 248 g/mol. The molecule has 1 aliphatic heterocycles. The van der Waals surface area contributed by atoms with E-state index in [0.717, 1.165) is 31.9 Å². The van der Waals surface area contributed by atoms with Gasteiger partial charge in [-0.05, 0) is 50.4 Å². The summed E-state index contributed by atoms with van der Waals surface area (Å²) < 4.78 is 5.72. The third-order valence-electron chi connectivity index (χ3n) is 4.03. The Morgan fingerprint density at radius 1 is 1.40 bits per heavy atom. The van der Waals surface area contributed by atoms with Gasteiger partial charge in [-0.15, -0.1) is 0 Å². The third-order valence-corrected chi connectivity index (χ3v) is 4.03. The van der Waals surface area contributed by atoms with Crippen LogP contribution in [-0.2, 0) is 6.54 Å². The van der Waals surface area contributed by atoms with Crippen molar-refractivity contribution < 1.29 is 4.74 Å². The summed E-state index contributed by atoms with van der Waals surface area (Å²) in [7, 11) is 0. The fourth-order valence-electron chi connectivity index (χ4n) is 3.00.